The summed E-state index contributed by atoms with van der Waals surface area (Å²) in [5.74, 6) is 0. The molecule has 2 rings (SSSR count). The van der Waals surface area contributed by atoms with Crippen molar-refractivity contribution in [1.29, 1.82) is 0 Å². The van der Waals surface area contributed by atoms with E-state index < -0.39 is 0 Å². The van der Waals surface area contributed by atoms with Gasteiger partial charge in [0.25, 0.3) is 5.56 Å². The summed E-state index contributed by atoms with van der Waals surface area (Å²) in [5.41, 5.74) is 4.76. The fraction of sp³-hybridized carbons (Fsp3) is 0.353. The molecule has 0 radical (unpaired) electrons. The molecule has 0 aliphatic carbocycles. The average Bonchev–Trinajstić information content (AvgIpc) is 2.36. The molecule has 1 atom stereocenters. The van der Waals surface area contributed by atoms with Crippen molar-refractivity contribution in [3.63, 3.8) is 0 Å². The lowest BCUT2D eigenvalue weighted by Gasteiger charge is -2.19. The Bertz CT molecular complexity index is 638. The van der Waals surface area contributed by atoms with Gasteiger partial charge in [-0.25, -0.2) is 0 Å². The lowest BCUT2D eigenvalue weighted by atomic mass is 10.0. The molecule has 20 heavy (non-hydrogen) atoms. The van der Waals surface area contributed by atoms with Crippen LogP contribution < -0.4 is 10.9 Å². The lowest BCUT2D eigenvalue weighted by Crippen LogP contribution is -2.28. The fourth-order valence-corrected chi connectivity index (χ4v) is 2.53. The van der Waals surface area contributed by atoms with E-state index in [4.69, 9.17) is 0 Å². The van der Waals surface area contributed by atoms with Gasteiger partial charge in [0.15, 0.2) is 0 Å². The number of benzene rings is 1. The predicted molar refractivity (Wildman–Crippen MR) is 83.2 cm³/mol. The van der Waals surface area contributed by atoms with Gasteiger partial charge in [0.1, 0.15) is 0 Å². The number of hydrogen-bond acceptors (Lipinski definition) is 2. The molecule has 1 heterocycles. The van der Waals surface area contributed by atoms with Crippen LogP contribution in [-0.4, -0.2) is 11.6 Å². The minimum absolute atomic E-state index is 0.0506. The van der Waals surface area contributed by atoms with Gasteiger partial charge in [-0.3, -0.25) is 4.79 Å². The lowest BCUT2D eigenvalue weighted by molar-refractivity contribution is 0.490. The molecule has 106 valence electrons. The maximum absolute atomic E-state index is 12.0. The van der Waals surface area contributed by atoms with Gasteiger partial charge in [-0.15, -0.1) is 0 Å². The molecule has 3 heteroatoms. The Morgan fingerprint density at radius 1 is 1.05 bits per heavy atom. The summed E-state index contributed by atoms with van der Waals surface area (Å²) in [4.78, 5) is 12.0. The number of aryl methyl sites for hydroxylation is 3. The van der Waals surface area contributed by atoms with Crippen molar-refractivity contribution in [3.05, 3.63) is 69.1 Å². The van der Waals surface area contributed by atoms with Gasteiger partial charge in [0.05, 0.1) is 6.04 Å². The molecule has 0 spiro atoms. The summed E-state index contributed by atoms with van der Waals surface area (Å²) in [7, 11) is 1.93. The molecular formula is C17H22N2O. The number of pyridine rings is 1. The molecule has 0 saturated carbocycles. The molecule has 1 N–H and O–H groups in total. The smallest absolute Gasteiger partial charge is 0.250 e. The quantitative estimate of drug-likeness (QED) is 0.927. The second kappa shape index (κ2) is 6.06. The third kappa shape index (κ3) is 3.36. The van der Waals surface area contributed by atoms with E-state index in [9.17, 15) is 4.79 Å². The molecule has 0 aliphatic heterocycles. The molecule has 0 fully saturated rings. The van der Waals surface area contributed by atoms with Crippen molar-refractivity contribution in [2.75, 3.05) is 7.05 Å². The molecular weight excluding hydrogens is 248 g/mol. The normalized spacial score (nSPS) is 12.4. The van der Waals surface area contributed by atoms with E-state index >= 15 is 0 Å². The van der Waals surface area contributed by atoms with Crippen molar-refractivity contribution >= 4 is 0 Å². The van der Waals surface area contributed by atoms with Crippen molar-refractivity contribution in [2.45, 2.75) is 33.4 Å². The topological polar surface area (TPSA) is 34.0 Å². The first kappa shape index (κ1) is 14.5. The molecule has 0 amide bonds. The number of aromatic nitrogens is 1. The Labute approximate surface area is 120 Å². The van der Waals surface area contributed by atoms with Gasteiger partial charge in [-0.05, 0) is 45.0 Å². The summed E-state index contributed by atoms with van der Waals surface area (Å²) in [6.45, 7) is 6.77. The van der Waals surface area contributed by atoms with E-state index in [1.165, 1.54) is 16.7 Å². The first-order chi connectivity index (χ1) is 9.49. The first-order valence-corrected chi connectivity index (χ1v) is 6.92. The van der Waals surface area contributed by atoms with Crippen LogP contribution in [0.25, 0.3) is 0 Å². The van der Waals surface area contributed by atoms with Crippen LogP contribution in [0.15, 0.2) is 41.3 Å². The number of likely N-dealkylation sites (N-methyl/N-ethyl adjacent to an activating group) is 1. The number of rotatable bonds is 4. The summed E-state index contributed by atoms with van der Waals surface area (Å²) >= 11 is 0. The zero-order valence-electron chi connectivity index (χ0n) is 12.6. The predicted octanol–water partition coefficient (Wildman–Crippen LogP) is 2.73. The van der Waals surface area contributed by atoms with Crippen LogP contribution in [0, 0.1) is 20.8 Å². The van der Waals surface area contributed by atoms with Crippen LogP contribution in [0.3, 0.4) is 0 Å². The first-order valence-electron chi connectivity index (χ1n) is 6.92. The molecule has 2 aromatic rings. The minimum atomic E-state index is 0.0506. The van der Waals surface area contributed by atoms with Gasteiger partial charge in [0.2, 0.25) is 0 Å². The van der Waals surface area contributed by atoms with E-state index in [-0.39, 0.29) is 11.6 Å². The Hall–Kier alpha value is -1.87. The minimum Gasteiger partial charge on any atom is -0.314 e. The Morgan fingerprint density at radius 2 is 1.70 bits per heavy atom. The standard InChI is InChI=1S/C17H22N2O/c1-12-5-6-19(17(20)10-12)11-16(18-4)15-8-13(2)7-14(3)9-15/h5-10,16,18H,11H2,1-4H3. The molecule has 0 aliphatic rings. The highest BCUT2D eigenvalue weighted by Gasteiger charge is 2.11. The monoisotopic (exact) mass is 270 g/mol. The highest BCUT2D eigenvalue weighted by molar-refractivity contribution is 5.30. The number of nitrogens with one attached hydrogen (secondary N) is 1. The second-order valence-corrected chi connectivity index (χ2v) is 5.46. The van der Waals surface area contributed by atoms with Crippen molar-refractivity contribution < 1.29 is 0 Å². The largest absolute Gasteiger partial charge is 0.314 e. The Morgan fingerprint density at radius 3 is 2.25 bits per heavy atom. The molecule has 3 nitrogen and oxygen atoms in total. The third-order valence-corrected chi connectivity index (χ3v) is 3.53. The van der Waals surface area contributed by atoms with E-state index in [0.717, 1.165) is 5.56 Å². The number of nitrogens with zero attached hydrogens (tertiary/aromatic N) is 1. The maximum Gasteiger partial charge on any atom is 0.250 e. The highest BCUT2D eigenvalue weighted by Crippen LogP contribution is 2.18. The summed E-state index contributed by atoms with van der Waals surface area (Å²) in [6.07, 6.45) is 1.87. The van der Waals surface area contributed by atoms with Crippen LogP contribution in [0.2, 0.25) is 0 Å². The van der Waals surface area contributed by atoms with E-state index in [1.54, 1.807) is 10.6 Å². The fourth-order valence-electron chi connectivity index (χ4n) is 2.53. The van der Waals surface area contributed by atoms with E-state index in [2.05, 4.69) is 37.4 Å². The van der Waals surface area contributed by atoms with Gasteiger partial charge in [-0.2, -0.15) is 0 Å². The maximum atomic E-state index is 12.0. The van der Waals surface area contributed by atoms with Gasteiger partial charge < -0.3 is 9.88 Å². The van der Waals surface area contributed by atoms with Crippen molar-refractivity contribution in [3.8, 4) is 0 Å². The number of hydrogen-bond donors (Lipinski definition) is 1. The third-order valence-electron chi connectivity index (χ3n) is 3.53. The average molecular weight is 270 g/mol. The van der Waals surface area contributed by atoms with Crippen molar-refractivity contribution in [1.82, 2.24) is 9.88 Å². The van der Waals surface area contributed by atoms with Crippen LogP contribution >= 0.6 is 0 Å². The molecule has 1 aromatic heterocycles. The van der Waals surface area contributed by atoms with Crippen LogP contribution in [0.1, 0.15) is 28.3 Å². The van der Waals surface area contributed by atoms with Crippen LogP contribution in [0.5, 0.6) is 0 Å². The highest BCUT2D eigenvalue weighted by atomic mass is 16.1. The summed E-state index contributed by atoms with van der Waals surface area (Å²) in [5, 5.41) is 3.30. The van der Waals surface area contributed by atoms with Crippen LogP contribution in [0.4, 0.5) is 0 Å². The molecule has 0 bridgehead atoms. The molecule has 1 aromatic carbocycles. The zero-order chi connectivity index (χ0) is 14.7. The van der Waals surface area contributed by atoms with Gasteiger partial charge in [-0.1, -0.05) is 29.3 Å². The Balaban J connectivity index is 2.31. The van der Waals surface area contributed by atoms with E-state index in [0.29, 0.717) is 6.54 Å². The summed E-state index contributed by atoms with van der Waals surface area (Å²) < 4.78 is 1.76. The van der Waals surface area contributed by atoms with Crippen LogP contribution in [-0.2, 0) is 6.54 Å². The van der Waals surface area contributed by atoms with Gasteiger partial charge in [0, 0.05) is 18.8 Å². The SMILES string of the molecule is CNC(Cn1ccc(C)cc1=O)c1cc(C)cc(C)c1. The molecule has 0 saturated heterocycles. The molecule has 1 unspecified atom stereocenters. The van der Waals surface area contributed by atoms with Gasteiger partial charge >= 0.3 is 0 Å². The summed E-state index contributed by atoms with van der Waals surface area (Å²) in [6, 6.07) is 10.3. The Kier molecular flexibility index (Phi) is 4.40. The second-order valence-electron chi connectivity index (χ2n) is 5.46. The van der Waals surface area contributed by atoms with E-state index in [1.807, 2.05) is 26.2 Å². The zero-order valence-corrected chi connectivity index (χ0v) is 12.6. The van der Waals surface area contributed by atoms with Crippen molar-refractivity contribution in [2.24, 2.45) is 0 Å².